The lowest BCUT2D eigenvalue weighted by Crippen LogP contribution is -2.33. The molecular formula is C16H23N5OS. The molecule has 1 unspecified atom stereocenters. The maximum Gasteiger partial charge on any atom is 0.235 e. The van der Waals surface area contributed by atoms with Crippen LogP contribution in [0.3, 0.4) is 0 Å². The Hall–Kier alpha value is -1.89. The fourth-order valence-corrected chi connectivity index (χ4v) is 3.11. The van der Waals surface area contributed by atoms with Gasteiger partial charge >= 0.3 is 0 Å². The van der Waals surface area contributed by atoms with Gasteiger partial charge in [-0.05, 0) is 28.8 Å². The lowest BCUT2D eigenvalue weighted by atomic mass is 10.2. The molecule has 124 valence electrons. The molecule has 7 heteroatoms. The Morgan fingerprint density at radius 1 is 1.26 bits per heavy atom. The minimum absolute atomic E-state index is 0.0675. The van der Waals surface area contributed by atoms with Crippen molar-refractivity contribution in [3.05, 3.63) is 35.9 Å². The van der Waals surface area contributed by atoms with Crippen LogP contribution in [0.1, 0.15) is 26.3 Å². The quantitative estimate of drug-likeness (QED) is 0.728. The van der Waals surface area contributed by atoms with Gasteiger partial charge in [-0.3, -0.25) is 4.79 Å². The maximum atomic E-state index is 12.5. The molecule has 1 atom stereocenters. The van der Waals surface area contributed by atoms with Crippen LogP contribution in [0.25, 0.3) is 0 Å². The third kappa shape index (κ3) is 5.06. The van der Waals surface area contributed by atoms with E-state index >= 15 is 0 Å². The molecule has 0 N–H and O–H groups in total. The van der Waals surface area contributed by atoms with Crippen molar-refractivity contribution in [3.63, 3.8) is 0 Å². The van der Waals surface area contributed by atoms with Gasteiger partial charge in [0, 0.05) is 20.1 Å². The summed E-state index contributed by atoms with van der Waals surface area (Å²) in [7, 11) is 1.82. The molecule has 1 amide bonds. The highest BCUT2D eigenvalue weighted by molar-refractivity contribution is 8.00. The Morgan fingerprint density at radius 3 is 2.61 bits per heavy atom. The second-order valence-electron chi connectivity index (χ2n) is 5.98. The first-order chi connectivity index (χ1) is 11.0. The van der Waals surface area contributed by atoms with E-state index in [-0.39, 0.29) is 11.2 Å². The van der Waals surface area contributed by atoms with Gasteiger partial charge in [0.25, 0.3) is 0 Å². The first-order valence-electron chi connectivity index (χ1n) is 7.69. The van der Waals surface area contributed by atoms with Crippen molar-refractivity contribution in [2.45, 2.75) is 44.3 Å². The lowest BCUT2D eigenvalue weighted by Gasteiger charge is -2.21. The summed E-state index contributed by atoms with van der Waals surface area (Å²) in [6.45, 7) is 7.46. The molecule has 0 spiro atoms. The number of thioether (sulfide) groups is 1. The third-order valence-corrected chi connectivity index (χ3v) is 4.36. The van der Waals surface area contributed by atoms with Gasteiger partial charge in [0.05, 0.1) is 5.25 Å². The summed E-state index contributed by atoms with van der Waals surface area (Å²) in [6, 6.07) is 9.96. The molecule has 23 heavy (non-hydrogen) atoms. The van der Waals surface area contributed by atoms with Crippen molar-refractivity contribution in [1.29, 1.82) is 0 Å². The van der Waals surface area contributed by atoms with Crippen molar-refractivity contribution in [3.8, 4) is 0 Å². The number of rotatable bonds is 7. The van der Waals surface area contributed by atoms with E-state index in [1.165, 1.54) is 11.8 Å². The molecule has 0 aliphatic rings. The van der Waals surface area contributed by atoms with Gasteiger partial charge in [-0.2, -0.15) is 0 Å². The summed E-state index contributed by atoms with van der Waals surface area (Å²) in [5, 5.41) is 12.2. The van der Waals surface area contributed by atoms with Gasteiger partial charge in [0.1, 0.15) is 0 Å². The highest BCUT2D eigenvalue weighted by Gasteiger charge is 2.22. The van der Waals surface area contributed by atoms with E-state index in [2.05, 4.69) is 29.4 Å². The largest absolute Gasteiger partial charge is 0.340 e. The zero-order chi connectivity index (χ0) is 16.8. The summed E-state index contributed by atoms with van der Waals surface area (Å²) in [5.74, 6) is 0.516. The van der Waals surface area contributed by atoms with Crippen LogP contribution in [0.4, 0.5) is 0 Å². The average molecular weight is 333 g/mol. The van der Waals surface area contributed by atoms with Crippen LogP contribution in [0.5, 0.6) is 0 Å². The second-order valence-corrected chi connectivity index (χ2v) is 7.29. The molecule has 6 nitrogen and oxygen atoms in total. The van der Waals surface area contributed by atoms with Crippen molar-refractivity contribution >= 4 is 17.7 Å². The van der Waals surface area contributed by atoms with Crippen molar-refractivity contribution in [2.75, 3.05) is 7.05 Å². The molecule has 0 aliphatic carbocycles. The van der Waals surface area contributed by atoms with Crippen molar-refractivity contribution in [1.82, 2.24) is 25.1 Å². The van der Waals surface area contributed by atoms with Gasteiger partial charge in [-0.1, -0.05) is 55.9 Å². The molecular weight excluding hydrogens is 310 g/mol. The minimum Gasteiger partial charge on any atom is -0.340 e. The molecule has 0 saturated carbocycles. The normalized spacial score (nSPS) is 12.4. The zero-order valence-electron chi connectivity index (χ0n) is 14.0. The number of hydrogen-bond acceptors (Lipinski definition) is 5. The van der Waals surface area contributed by atoms with E-state index in [0.29, 0.717) is 17.6 Å². The van der Waals surface area contributed by atoms with E-state index in [1.54, 1.807) is 9.58 Å². The summed E-state index contributed by atoms with van der Waals surface area (Å²) >= 11 is 1.40. The number of amides is 1. The van der Waals surface area contributed by atoms with Crippen LogP contribution >= 0.6 is 11.8 Å². The van der Waals surface area contributed by atoms with Crippen LogP contribution in [0, 0.1) is 5.92 Å². The molecule has 1 aromatic heterocycles. The lowest BCUT2D eigenvalue weighted by molar-refractivity contribution is -0.129. The van der Waals surface area contributed by atoms with E-state index < -0.39 is 0 Å². The Kier molecular flexibility index (Phi) is 6.15. The highest BCUT2D eigenvalue weighted by atomic mass is 32.2. The fraction of sp³-hybridized carbons (Fsp3) is 0.500. The smallest absolute Gasteiger partial charge is 0.235 e. The van der Waals surface area contributed by atoms with E-state index in [9.17, 15) is 4.79 Å². The summed E-state index contributed by atoms with van der Waals surface area (Å²) < 4.78 is 1.76. The Labute approximate surface area is 141 Å². The number of aromatic nitrogens is 4. The Balaban J connectivity index is 1.96. The molecule has 0 saturated heterocycles. The van der Waals surface area contributed by atoms with Gasteiger partial charge in [-0.15, -0.1) is 5.10 Å². The van der Waals surface area contributed by atoms with Gasteiger partial charge < -0.3 is 4.90 Å². The van der Waals surface area contributed by atoms with E-state index in [4.69, 9.17) is 0 Å². The SMILES string of the molecule is CC(C)Cn1nnnc1SC(C)C(=O)N(C)Cc1ccccc1. The molecule has 0 aliphatic heterocycles. The highest BCUT2D eigenvalue weighted by Crippen LogP contribution is 2.22. The number of nitrogens with zero attached hydrogens (tertiary/aromatic N) is 5. The molecule has 2 rings (SSSR count). The second kappa shape index (κ2) is 8.10. The van der Waals surface area contributed by atoms with E-state index in [1.807, 2.05) is 44.3 Å². The van der Waals surface area contributed by atoms with Gasteiger partial charge in [0.15, 0.2) is 0 Å². The number of carbonyl (C=O) groups is 1. The predicted molar refractivity (Wildman–Crippen MR) is 90.9 cm³/mol. The molecule has 0 bridgehead atoms. The van der Waals surface area contributed by atoms with Crippen LogP contribution in [-0.4, -0.2) is 43.3 Å². The summed E-state index contributed by atoms with van der Waals surface area (Å²) in [6.07, 6.45) is 0. The standard InChI is InChI=1S/C16H23N5OS/c1-12(2)10-21-16(17-18-19-21)23-13(3)15(22)20(4)11-14-8-6-5-7-9-14/h5-9,12-13H,10-11H2,1-4H3. The topological polar surface area (TPSA) is 63.9 Å². The maximum absolute atomic E-state index is 12.5. The molecule has 1 heterocycles. The van der Waals surface area contributed by atoms with Crippen LogP contribution in [0.15, 0.2) is 35.5 Å². The van der Waals surface area contributed by atoms with Gasteiger partial charge in [0.2, 0.25) is 11.1 Å². The van der Waals surface area contributed by atoms with Crippen LogP contribution in [0.2, 0.25) is 0 Å². The van der Waals surface area contributed by atoms with Crippen LogP contribution in [-0.2, 0) is 17.9 Å². The minimum atomic E-state index is -0.236. The number of benzene rings is 1. The monoisotopic (exact) mass is 333 g/mol. The summed E-state index contributed by atoms with van der Waals surface area (Å²) in [5.41, 5.74) is 1.12. The van der Waals surface area contributed by atoms with Gasteiger partial charge in [-0.25, -0.2) is 4.68 Å². The molecule has 0 radical (unpaired) electrons. The molecule has 0 fully saturated rings. The van der Waals surface area contributed by atoms with Crippen molar-refractivity contribution < 1.29 is 4.79 Å². The first-order valence-corrected chi connectivity index (χ1v) is 8.57. The third-order valence-electron chi connectivity index (χ3n) is 3.31. The molecule has 1 aromatic carbocycles. The number of hydrogen-bond donors (Lipinski definition) is 0. The Bertz CT molecular complexity index is 628. The number of carbonyl (C=O) groups excluding carboxylic acids is 1. The number of tetrazole rings is 1. The van der Waals surface area contributed by atoms with E-state index in [0.717, 1.165) is 12.1 Å². The predicted octanol–water partition coefficient (Wildman–Crippen LogP) is 2.47. The fourth-order valence-electron chi connectivity index (χ4n) is 2.20. The van der Waals surface area contributed by atoms with Crippen molar-refractivity contribution in [2.24, 2.45) is 5.92 Å². The first kappa shape index (κ1) is 17.5. The Morgan fingerprint density at radius 2 is 1.96 bits per heavy atom. The molecule has 2 aromatic rings. The zero-order valence-corrected chi connectivity index (χ0v) is 14.8. The average Bonchev–Trinajstić information content (AvgIpc) is 2.93. The summed E-state index contributed by atoms with van der Waals surface area (Å²) in [4.78, 5) is 14.3. The van der Waals surface area contributed by atoms with Crippen LogP contribution < -0.4 is 0 Å².